The summed E-state index contributed by atoms with van der Waals surface area (Å²) in [4.78, 5) is 12.4. The lowest BCUT2D eigenvalue weighted by Gasteiger charge is -2.23. The normalized spacial score (nSPS) is 17.0. The van der Waals surface area contributed by atoms with E-state index in [9.17, 15) is 4.79 Å². The third-order valence-corrected chi connectivity index (χ3v) is 4.88. The van der Waals surface area contributed by atoms with E-state index in [-0.39, 0.29) is 5.91 Å². The monoisotopic (exact) mass is 372 g/mol. The molecule has 1 amide bonds. The number of halogens is 1. The fourth-order valence-corrected chi connectivity index (χ4v) is 3.31. The molecule has 26 heavy (non-hydrogen) atoms. The summed E-state index contributed by atoms with van der Waals surface area (Å²) in [6.07, 6.45) is 2.36. The van der Waals surface area contributed by atoms with E-state index in [1.165, 1.54) is 18.4 Å². The van der Waals surface area contributed by atoms with Gasteiger partial charge in [-0.1, -0.05) is 35.9 Å². The molecule has 1 saturated heterocycles. The highest BCUT2D eigenvalue weighted by Crippen LogP contribution is 2.23. The van der Waals surface area contributed by atoms with Crippen LogP contribution in [0.4, 0.5) is 0 Å². The summed E-state index contributed by atoms with van der Waals surface area (Å²) in [6, 6.07) is 15.5. The second kappa shape index (κ2) is 9.72. The van der Waals surface area contributed by atoms with Crippen LogP contribution in [0.3, 0.4) is 0 Å². The predicted octanol–water partition coefficient (Wildman–Crippen LogP) is 3.75. The largest absolute Gasteiger partial charge is 0.375 e. The zero-order valence-electron chi connectivity index (χ0n) is 14.8. The first-order valence-electron chi connectivity index (χ1n) is 9.13. The summed E-state index contributed by atoms with van der Waals surface area (Å²) in [5, 5.41) is 7.06. The standard InChI is InChI=1S/C21H25ClN2O2/c22-20-8-6-16(7-9-20)15-26-12-11-24-21(25)18-4-1-3-17(13-18)19-5-2-10-23-14-19/h1,3-4,6-9,13,19,23H,2,5,10-12,14-15H2,(H,24,25). The quantitative estimate of drug-likeness (QED) is 0.728. The first-order chi connectivity index (χ1) is 12.7. The SMILES string of the molecule is O=C(NCCOCc1ccc(Cl)cc1)c1cccc(C2CCCNC2)c1. The fourth-order valence-electron chi connectivity index (χ4n) is 3.18. The van der Waals surface area contributed by atoms with E-state index in [1.54, 1.807) is 0 Å². The Labute approximate surface area is 159 Å². The lowest BCUT2D eigenvalue weighted by molar-refractivity contribution is 0.0900. The number of nitrogens with one attached hydrogen (secondary N) is 2. The molecule has 1 unspecified atom stereocenters. The molecule has 0 bridgehead atoms. The van der Waals surface area contributed by atoms with Gasteiger partial charge in [0.1, 0.15) is 0 Å². The summed E-state index contributed by atoms with van der Waals surface area (Å²) in [7, 11) is 0. The summed E-state index contributed by atoms with van der Waals surface area (Å²) in [5.74, 6) is 0.449. The molecule has 2 aromatic rings. The Morgan fingerprint density at radius 3 is 2.85 bits per heavy atom. The van der Waals surface area contributed by atoms with Crippen molar-refractivity contribution in [2.45, 2.75) is 25.4 Å². The zero-order chi connectivity index (χ0) is 18.2. The fraction of sp³-hybridized carbons (Fsp3) is 0.381. The first-order valence-corrected chi connectivity index (χ1v) is 9.51. The van der Waals surface area contributed by atoms with Gasteiger partial charge in [-0.05, 0) is 60.7 Å². The van der Waals surface area contributed by atoms with Gasteiger partial charge < -0.3 is 15.4 Å². The number of amides is 1. The van der Waals surface area contributed by atoms with E-state index in [0.29, 0.717) is 36.3 Å². The second-order valence-corrected chi connectivity index (χ2v) is 7.04. The molecule has 0 radical (unpaired) electrons. The topological polar surface area (TPSA) is 50.4 Å². The number of ether oxygens (including phenoxy) is 1. The van der Waals surface area contributed by atoms with Crippen LogP contribution in [-0.4, -0.2) is 32.1 Å². The van der Waals surface area contributed by atoms with Crippen molar-refractivity contribution >= 4 is 17.5 Å². The molecule has 1 atom stereocenters. The van der Waals surface area contributed by atoms with Gasteiger partial charge in [-0.15, -0.1) is 0 Å². The van der Waals surface area contributed by atoms with E-state index in [1.807, 2.05) is 42.5 Å². The van der Waals surface area contributed by atoms with Crippen LogP contribution < -0.4 is 10.6 Å². The van der Waals surface area contributed by atoms with Crippen LogP contribution in [0.15, 0.2) is 48.5 Å². The van der Waals surface area contributed by atoms with Crippen LogP contribution in [0.1, 0.15) is 40.2 Å². The minimum Gasteiger partial charge on any atom is -0.375 e. The highest BCUT2D eigenvalue weighted by Gasteiger charge is 2.16. The predicted molar refractivity (Wildman–Crippen MR) is 105 cm³/mol. The van der Waals surface area contributed by atoms with Crippen LogP contribution in [0.5, 0.6) is 0 Å². The van der Waals surface area contributed by atoms with Gasteiger partial charge >= 0.3 is 0 Å². The molecule has 1 aliphatic heterocycles. The van der Waals surface area contributed by atoms with Gasteiger partial charge in [0.2, 0.25) is 0 Å². The molecule has 4 nitrogen and oxygen atoms in total. The number of rotatable bonds is 7. The minimum absolute atomic E-state index is 0.0503. The van der Waals surface area contributed by atoms with Crippen molar-refractivity contribution in [2.75, 3.05) is 26.2 Å². The van der Waals surface area contributed by atoms with Gasteiger partial charge in [-0.3, -0.25) is 4.79 Å². The van der Waals surface area contributed by atoms with E-state index in [4.69, 9.17) is 16.3 Å². The first kappa shape index (κ1) is 18.9. The average molecular weight is 373 g/mol. The van der Waals surface area contributed by atoms with E-state index < -0.39 is 0 Å². The lowest BCUT2D eigenvalue weighted by atomic mass is 9.90. The Hall–Kier alpha value is -1.88. The third-order valence-electron chi connectivity index (χ3n) is 4.63. The number of carbonyl (C=O) groups is 1. The average Bonchev–Trinajstić information content (AvgIpc) is 2.70. The Morgan fingerprint density at radius 1 is 1.23 bits per heavy atom. The molecule has 0 aliphatic carbocycles. The number of piperidine rings is 1. The van der Waals surface area contributed by atoms with Crippen LogP contribution in [0, 0.1) is 0 Å². The highest BCUT2D eigenvalue weighted by molar-refractivity contribution is 6.30. The lowest BCUT2D eigenvalue weighted by Crippen LogP contribution is -2.29. The molecule has 138 valence electrons. The highest BCUT2D eigenvalue weighted by atomic mass is 35.5. The van der Waals surface area contributed by atoms with Gasteiger partial charge in [-0.25, -0.2) is 0 Å². The van der Waals surface area contributed by atoms with Crippen molar-refractivity contribution in [1.29, 1.82) is 0 Å². The van der Waals surface area contributed by atoms with Gasteiger partial charge in [-0.2, -0.15) is 0 Å². The molecule has 0 aromatic heterocycles. The smallest absolute Gasteiger partial charge is 0.251 e. The molecule has 1 aliphatic rings. The van der Waals surface area contributed by atoms with E-state index >= 15 is 0 Å². The Balaban J connectivity index is 1.42. The molecule has 1 fully saturated rings. The van der Waals surface area contributed by atoms with Gasteiger partial charge in [0.25, 0.3) is 5.91 Å². The molecule has 2 aromatic carbocycles. The summed E-state index contributed by atoms with van der Waals surface area (Å²) in [5.41, 5.74) is 3.02. The van der Waals surface area contributed by atoms with Crippen molar-refractivity contribution in [2.24, 2.45) is 0 Å². The van der Waals surface area contributed by atoms with Crippen molar-refractivity contribution in [3.8, 4) is 0 Å². The van der Waals surface area contributed by atoms with Crippen LogP contribution in [-0.2, 0) is 11.3 Å². The number of hydrogen-bond acceptors (Lipinski definition) is 3. The molecule has 5 heteroatoms. The molecule has 0 saturated carbocycles. The molecule has 3 rings (SSSR count). The minimum atomic E-state index is -0.0503. The maximum absolute atomic E-state index is 12.4. The summed E-state index contributed by atoms with van der Waals surface area (Å²) < 4.78 is 5.60. The number of carbonyl (C=O) groups excluding carboxylic acids is 1. The maximum atomic E-state index is 12.4. The second-order valence-electron chi connectivity index (χ2n) is 6.60. The van der Waals surface area contributed by atoms with Gasteiger partial charge in [0.05, 0.1) is 13.2 Å². The van der Waals surface area contributed by atoms with Crippen LogP contribution in [0.25, 0.3) is 0 Å². The Bertz CT molecular complexity index is 712. The summed E-state index contributed by atoms with van der Waals surface area (Å²) >= 11 is 5.86. The molecular formula is C21H25ClN2O2. The molecule has 2 N–H and O–H groups in total. The molecular weight excluding hydrogens is 348 g/mol. The van der Waals surface area contributed by atoms with Gasteiger partial charge in [0.15, 0.2) is 0 Å². The van der Waals surface area contributed by atoms with Gasteiger partial charge in [0, 0.05) is 23.7 Å². The van der Waals surface area contributed by atoms with Crippen LogP contribution in [0.2, 0.25) is 5.02 Å². The number of hydrogen-bond donors (Lipinski definition) is 2. The summed E-state index contributed by atoms with van der Waals surface area (Å²) in [6.45, 7) is 3.55. The zero-order valence-corrected chi connectivity index (χ0v) is 15.6. The maximum Gasteiger partial charge on any atom is 0.251 e. The number of benzene rings is 2. The van der Waals surface area contributed by atoms with Crippen molar-refractivity contribution in [1.82, 2.24) is 10.6 Å². The van der Waals surface area contributed by atoms with Crippen molar-refractivity contribution in [3.05, 3.63) is 70.2 Å². The Morgan fingerprint density at radius 2 is 2.08 bits per heavy atom. The Kier molecular flexibility index (Phi) is 7.06. The van der Waals surface area contributed by atoms with E-state index in [0.717, 1.165) is 18.7 Å². The van der Waals surface area contributed by atoms with Crippen LogP contribution >= 0.6 is 11.6 Å². The van der Waals surface area contributed by atoms with E-state index in [2.05, 4.69) is 16.7 Å². The molecule has 1 heterocycles. The third kappa shape index (κ3) is 5.56. The molecule has 0 spiro atoms. The van der Waals surface area contributed by atoms with Crippen molar-refractivity contribution < 1.29 is 9.53 Å². The van der Waals surface area contributed by atoms with Crippen molar-refractivity contribution in [3.63, 3.8) is 0 Å².